The molecule has 0 rings (SSSR count). The molecule has 0 saturated heterocycles. The quantitative estimate of drug-likeness (QED) is 0.0829. The van der Waals surface area contributed by atoms with Crippen LogP contribution in [0.2, 0.25) is 6.04 Å². The first kappa shape index (κ1) is 34.1. The lowest BCUT2D eigenvalue weighted by Crippen LogP contribution is -2.48. The van der Waals surface area contributed by atoms with Gasteiger partial charge in [-0.3, -0.25) is 0 Å². The fraction of sp³-hybridized carbons (Fsp3) is 1.00. The van der Waals surface area contributed by atoms with Gasteiger partial charge < -0.3 is 13.3 Å². The predicted octanol–water partition coefficient (Wildman–Crippen LogP) is 10.5. The number of hydrogen-bond acceptors (Lipinski definition) is 3. The summed E-state index contributed by atoms with van der Waals surface area (Å²) in [5.41, 5.74) is 0. The molecule has 0 N–H and O–H groups in total. The van der Waals surface area contributed by atoms with Crippen molar-refractivity contribution >= 4 is 8.80 Å². The van der Waals surface area contributed by atoms with Gasteiger partial charge >= 0.3 is 8.80 Å². The summed E-state index contributed by atoms with van der Waals surface area (Å²) in [7, 11) is -2.56. The van der Waals surface area contributed by atoms with Crippen LogP contribution in [0.1, 0.15) is 164 Å². The van der Waals surface area contributed by atoms with E-state index in [1.807, 2.05) is 0 Å². The molecule has 0 fully saturated rings. The molecule has 4 heteroatoms. The van der Waals surface area contributed by atoms with E-state index in [4.69, 9.17) is 13.3 Å². The maximum absolute atomic E-state index is 6.60. The van der Waals surface area contributed by atoms with Crippen LogP contribution in [0, 0.1) is 5.92 Å². The van der Waals surface area contributed by atoms with Gasteiger partial charge in [-0.05, 0) is 39.5 Å². The Morgan fingerprint density at radius 2 is 0.941 bits per heavy atom. The summed E-state index contributed by atoms with van der Waals surface area (Å²) >= 11 is 0. The predicted molar refractivity (Wildman–Crippen MR) is 153 cm³/mol. The van der Waals surface area contributed by atoms with E-state index in [0.29, 0.717) is 13.2 Å². The van der Waals surface area contributed by atoms with Crippen LogP contribution in [-0.4, -0.2) is 28.1 Å². The van der Waals surface area contributed by atoms with Crippen LogP contribution < -0.4 is 0 Å². The second-order valence-corrected chi connectivity index (χ2v) is 13.3. The molecule has 0 heterocycles. The molecule has 0 spiro atoms. The number of hydrogen-bond donors (Lipinski definition) is 0. The molecule has 0 aromatic heterocycles. The zero-order valence-electron chi connectivity index (χ0n) is 24.4. The molecule has 2 unspecified atom stereocenters. The van der Waals surface area contributed by atoms with Crippen LogP contribution in [0.25, 0.3) is 0 Å². The minimum Gasteiger partial charge on any atom is -0.374 e. The van der Waals surface area contributed by atoms with E-state index in [9.17, 15) is 0 Å². The average molecular weight is 501 g/mol. The lowest BCUT2D eigenvalue weighted by Gasteiger charge is -2.32. The molecule has 206 valence electrons. The molecule has 0 aromatic rings. The Morgan fingerprint density at radius 3 is 1.44 bits per heavy atom. The Labute approximate surface area is 216 Å². The average Bonchev–Trinajstić information content (AvgIpc) is 2.80. The summed E-state index contributed by atoms with van der Waals surface area (Å²) in [6.45, 7) is 14.8. The van der Waals surface area contributed by atoms with E-state index in [1.54, 1.807) is 0 Å². The van der Waals surface area contributed by atoms with Crippen molar-refractivity contribution in [1.82, 2.24) is 0 Å². The molecule has 0 aliphatic rings. The molecule has 0 bridgehead atoms. The third-order valence-corrected chi connectivity index (χ3v) is 10.2. The normalized spacial score (nSPS) is 13.9. The van der Waals surface area contributed by atoms with Gasteiger partial charge in [0.05, 0.1) is 0 Å². The highest BCUT2D eigenvalue weighted by Gasteiger charge is 2.41. The first-order valence-corrected chi connectivity index (χ1v) is 17.4. The highest BCUT2D eigenvalue weighted by Crippen LogP contribution is 2.25. The Morgan fingerprint density at radius 1 is 0.500 bits per heavy atom. The standard InChI is InChI=1S/C30H64O3Si/c1-7-11-13-15-17-19-21-23-28-34(31-9-3,32-10-4)33-30(6)27-24-26-29(5)25-22-20-18-16-14-12-8-2/h29-30H,7-28H2,1-6H3. The Kier molecular flexibility index (Phi) is 24.8. The third-order valence-electron chi connectivity index (χ3n) is 7.05. The Bertz CT molecular complexity index is 399. The SMILES string of the molecule is CCCCCCCCCC[Si](OCC)(OCC)OC(C)CCCC(C)CCCCCCCCC. The van der Waals surface area contributed by atoms with Crippen molar-refractivity contribution in [1.29, 1.82) is 0 Å². The summed E-state index contributed by atoms with van der Waals surface area (Å²) in [4.78, 5) is 0. The van der Waals surface area contributed by atoms with Crippen molar-refractivity contribution in [3.05, 3.63) is 0 Å². The molecule has 2 atom stereocenters. The summed E-state index contributed by atoms with van der Waals surface area (Å²) < 4.78 is 19.0. The van der Waals surface area contributed by atoms with Crippen molar-refractivity contribution in [2.24, 2.45) is 5.92 Å². The molecule has 0 amide bonds. The fourth-order valence-electron chi connectivity index (χ4n) is 4.94. The maximum atomic E-state index is 6.60. The number of unbranched alkanes of at least 4 members (excludes halogenated alkanes) is 13. The molecule has 0 radical (unpaired) electrons. The molecular formula is C30H64O3Si. The van der Waals surface area contributed by atoms with Gasteiger partial charge in [0.25, 0.3) is 0 Å². The van der Waals surface area contributed by atoms with Gasteiger partial charge in [0.1, 0.15) is 0 Å². The van der Waals surface area contributed by atoms with E-state index in [2.05, 4.69) is 41.5 Å². The minimum atomic E-state index is -2.56. The van der Waals surface area contributed by atoms with Crippen LogP contribution in [0.15, 0.2) is 0 Å². The van der Waals surface area contributed by atoms with Gasteiger partial charge in [-0.15, -0.1) is 0 Å². The molecule has 0 saturated carbocycles. The van der Waals surface area contributed by atoms with E-state index in [1.165, 1.54) is 116 Å². The molecular weight excluding hydrogens is 436 g/mol. The first-order valence-electron chi connectivity index (χ1n) is 15.5. The summed E-state index contributed by atoms with van der Waals surface area (Å²) in [6.07, 6.45) is 25.8. The van der Waals surface area contributed by atoms with Gasteiger partial charge in [0, 0.05) is 25.4 Å². The van der Waals surface area contributed by atoms with E-state index < -0.39 is 8.80 Å². The van der Waals surface area contributed by atoms with Crippen molar-refractivity contribution in [2.45, 2.75) is 176 Å². The molecule has 34 heavy (non-hydrogen) atoms. The zero-order valence-corrected chi connectivity index (χ0v) is 25.4. The van der Waals surface area contributed by atoms with Gasteiger partial charge in [-0.1, -0.05) is 130 Å². The smallest absolute Gasteiger partial charge is 0.374 e. The minimum absolute atomic E-state index is 0.226. The van der Waals surface area contributed by atoms with Crippen LogP contribution >= 0.6 is 0 Å². The first-order chi connectivity index (χ1) is 16.5. The topological polar surface area (TPSA) is 27.7 Å². The lowest BCUT2D eigenvalue weighted by atomic mass is 9.96. The largest absolute Gasteiger partial charge is 0.501 e. The molecule has 0 aliphatic carbocycles. The van der Waals surface area contributed by atoms with Crippen molar-refractivity contribution in [2.75, 3.05) is 13.2 Å². The maximum Gasteiger partial charge on any atom is 0.501 e. The van der Waals surface area contributed by atoms with Crippen molar-refractivity contribution < 1.29 is 13.3 Å². The molecule has 0 aliphatic heterocycles. The summed E-state index contributed by atoms with van der Waals surface area (Å²) in [5.74, 6) is 0.834. The third kappa shape index (κ3) is 20.3. The highest BCUT2D eigenvalue weighted by atomic mass is 28.4. The van der Waals surface area contributed by atoms with Crippen LogP contribution in [0.3, 0.4) is 0 Å². The Balaban J connectivity index is 4.18. The van der Waals surface area contributed by atoms with Gasteiger partial charge in [-0.2, -0.15) is 0 Å². The second kappa shape index (κ2) is 24.8. The molecule has 0 aromatic carbocycles. The Hall–Kier alpha value is 0.0969. The van der Waals surface area contributed by atoms with Crippen molar-refractivity contribution in [3.63, 3.8) is 0 Å². The fourth-order valence-corrected chi connectivity index (χ4v) is 7.86. The zero-order chi connectivity index (χ0) is 25.3. The van der Waals surface area contributed by atoms with Crippen LogP contribution in [0.4, 0.5) is 0 Å². The summed E-state index contributed by atoms with van der Waals surface area (Å²) in [6, 6.07) is 0.975. The monoisotopic (exact) mass is 500 g/mol. The van der Waals surface area contributed by atoms with E-state index >= 15 is 0 Å². The van der Waals surface area contributed by atoms with E-state index in [0.717, 1.165) is 18.4 Å². The lowest BCUT2D eigenvalue weighted by molar-refractivity contribution is 0.0339. The van der Waals surface area contributed by atoms with Crippen LogP contribution in [0.5, 0.6) is 0 Å². The molecule has 3 nitrogen and oxygen atoms in total. The summed E-state index contributed by atoms with van der Waals surface area (Å²) in [5, 5.41) is 0. The van der Waals surface area contributed by atoms with Gasteiger partial charge in [-0.25, -0.2) is 0 Å². The van der Waals surface area contributed by atoms with E-state index in [-0.39, 0.29) is 6.10 Å². The van der Waals surface area contributed by atoms with Crippen molar-refractivity contribution in [3.8, 4) is 0 Å². The van der Waals surface area contributed by atoms with Crippen LogP contribution in [-0.2, 0) is 13.3 Å². The van der Waals surface area contributed by atoms with Gasteiger partial charge in [0.2, 0.25) is 0 Å². The highest BCUT2D eigenvalue weighted by molar-refractivity contribution is 6.60. The number of rotatable bonds is 27. The van der Waals surface area contributed by atoms with Gasteiger partial charge in [0.15, 0.2) is 0 Å². The second-order valence-electron chi connectivity index (χ2n) is 10.6.